The van der Waals surface area contributed by atoms with Crippen LogP contribution < -0.4 is 0 Å². The number of likely N-dealkylation sites (tertiary alicyclic amines) is 1. The number of nitrogens with zero attached hydrogens (tertiary/aromatic N) is 1. The minimum atomic E-state index is 0.397. The normalized spacial score (nSPS) is 41.1. The van der Waals surface area contributed by atoms with Crippen LogP contribution in [0.5, 0.6) is 0 Å². The minimum absolute atomic E-state index is 0.397. The van der Waals surface area contributed by atoms with Crippen molar-refractivity contribution < 1.29 is 4.79 Å². The highest BCUT2D eigenvalue weighted by Gasteiger charge is 2.59. The van der Waals surface area contributed by atoms with Gasteiger partial charge in [-0.2, -0.15) is 0 Å². The predicted molar refractivity (Wildman–Crippen MR) is 43.0 cm³/mol. The number of piperidine rings is 1. The van der Waals surface area contributed by atoms with Gasteiger partial charge in [0.15, 0.2) is 0 Å². The van der Waals surface area contributed by atoms with E-state index in [1.807, 2.05) is 11.9 Å². The van der Waals surface area contributed by atoms with Crippen molar-refractivity contribution in [2.75, 3.05) is 13.6 Å². The number of amides is 1. The molecule has 1 aliphatic carbocycles. The third-order valence-electron chi connectivity index (χ3n) is 3.10. The van der Waals surface area contributed by atoms with E-state index in [0.29, 0.717) is 11.8 Å². The van der Waals surface area contributed by atoms with Crippen molar-refractivity contribution in [3.8, 4) is 0 Å². The first kappa shape index (κ1) is 7.14. The summed E-state index contributed by atoms with van der Waals surface area (Å²) in [7, 11) is 1.91. The number of rotatable bonds is 2. The maximum Gasteiger partial charge on any atom is 0.226 e. The first-order chi connectivity index (χ1) is 5.25. The average Bonchev–Trinajstić information content (AvgIpc) is 2.53. The van der Waals surface area contributed by atoms with Crippen LogP contribution in [0.4, 0.5) is 0 Å². The van der Waals surface area contributed by atoms with Gasteiger partial charge in [-0.25, -0.2) is 0 Å². The average molecular weight is 153 g/mol. The number of fused-ring (bicyclic) bond motifs is 1. The number of carbonyl (C=O) groups is 1. The van der Waals surface area contributed by atoms with Gasteiger partial charge >= 0.3 is 0 Å². The van der Waals surface area contributed by atoms with Crippen LogP contribution in [0.25, 0.3) is 0 Å². The highest BCUT2D eigenvalue weighted by atomic mass is 16.2. The molecule has 2 fully saturated rings. The molecule has 11 heavy (non-hydrogen) atoms. The molecular weight excluding hydrogens is 138 g/mol. The van der Waals surface area contributed by atoms with Gasteiger partial charge in [0.25, 0.3) is 0 Å². The van der Waals surface area contributed by atoms with Crippen molar-refractivity contribution in [3.63, 3.8) is 0 Å². The summed E-state index contributed by atoms with van der Waals surface area (Å²) in [5, 5.41) is 0. The van der Waals surface area contributed by atoms with Crippen molar-refractivity contribution >= 4 is 5.91 Å². The van der Waals surface area contributed by atoms with Crippen LogP contribution >= 0.6 is 0 Å². The molecule has 0 aromatic carbocycles. The molecule has 1 heterocycles. The molecule has 1 aliphatic heterocycles. The van der Waals surface area contributed by atoms with Crippen LogP contribution in [-0.2, 0) is 4.79 Å². The van der Waals surface area contributed by atoms with E-state index in [1.54, 1.807) is 0 Å². The molecule has 1 saturated carbocycles. The molecule has 0 aromatic rings. The summed E-state index contributed by atoms with van der Waals surface area (Å²) in [6.45, 7) is 3.22. The highest BCUT2D eigenvalue weighted by Crippen LogP contribution is 2.54. The van der Waals surface area contributed by atoms with Crippen LogP contribution in [0.15, 0.2) is 0 Å². The molecule has 1 saturated heterocycles. The number of carbonyl (C=O) groups excluding carboxylic acids is 1. The molecule has 2 nitrogen and oxygen atoms in total. The van der Waals surface area contributed by atoms with Crippen molar-refractivity contribution in [1.82, 2.24) is 4.90 Å². The third kappa shape index (κ3) is 0.883. The SMILES string of the molecule is CCC[C@@H]1[C@@H]2CN(C)C(=O)[C@@H]12. The summed E-state index contributed by atoms with van der Waals surface area (Å²) in [5.74, 6) is 2.31. The lowest BCUT2D eigenvalue weighted by Gasteiger charge is -2.12. The van der Waals surface area contributed by atoms with Gasteiger partial charge in [0.1, 0.15) is 0 Å². The topological polar surface area (TPSA) is 20.3 Å². The second-order valence-corrected chi connectivity index (χ2v) is 3.86. The lowest BCUT2D eigenvalue weighted by molar-refractivity contribution is -0.129. The fraction of sp³-hybridized carbons (Fsp3) is 0.889. The van der Waals surface area contributed by atoms with Crippen molar-refractivity contribution in [2.24, 2.45) is 17.8 Å². The molecule has 0 N–H and O–H groups in total. The Kier molecular flexibility index (Phi) is 1.44. The van der Waals surface area contributed by atoms with Crippen molar-refractivity contribution in [2.45, 2.75) is 19.8 Å². The van der Waals surface area contributed by atoms with Gasteiger partial charge < -0.3 is 4.90 Å². The zero-order chi connectivity index (χ0) is 8.01. The van der Waals surface area contributed by atoms with Crippen LogP contribution in [-0.4, -0.2) is 24.4 Å². The maximum atomic E-state index is 11.4. The predicted octanol–water partition coefficient (Wildman–Crippen LogP) is 1.12. The van der Waals surface area contributed by atoms with E-state index in [2.05, 4.69) is 6.92 Å². The molecular formula is C9H15NO. The van der Waals surface area contributed by atoms with Gasteiger partial charge in [0, 0.05) is 19.5 Å². The minimum Gasteiger partial charge on any atom is -0.345 e. The van der Waals surface area contributed by atoms with E-state index in [4.69, 9.17) is 0 Å². The first-order valence-electron chi connectivity index (χ1n) is 4.50. The second-order valence-electron chi connectivity index (χ2n) is 3.86. The zero-order valence-corrected chi connectivity index (χ0v) is 7.21. The first-order valence-corrected chi connectivity index (χ1v) is 4.50. The van der Waals surface area contributed by atoms with E-state index in [1.165, 1.54) is 12.8 Å². The Hall–Kier alpha value is -0.530. The molecule has 2 rings (SSSR count). The molecule has 0 unspecified atom stereocenters. The lowest BCUT2D eigenvalue weighted by Crippen LogP contribution is -2.25. The van der Waals surface area contributed by atoms with Gasteiger partial charge in [-0.05, 0) is 18.3 Å². The Morgan fingerprint density at radius 3 is 2.82 bits per heavy atom. The fourth-order valence-electron chi connectivity index (χ4n) is 2.45. The van der Waals surface area contributed by atoms with E-state index in [-0.39, 0.29) is 0 Å². The maximum absolute atomic E-state index is 11.4. The van der Waals surface area contributed by atoms with E-state index < -0.39 is 0 Å². The Bertz CT molecular complexity index is 186. The van der Waals surface area contributed by atoms with Gasteiger partial charge in [0.05, 0.1) is 0 Å². The fourth-order valence-corrected chi connectivity index (χ4v) is 2.45. The van der Waals surface area contributed by atoms with Crippen LogP contribution in [0.3, 0.4) is 0 Å². The Labute approximate surface area is 67.6 Å². The molecule has 2 heteroatoms. The quantitative estimate of drug-likeness (QED) is 0.582. The van der Waals surface area contributed by atoms with Crippen molar-refractivity contribution in [1.29, 1.82) is 0 Å². The lowest BCUT2D eigenvalue weighted by atomic mass is 10.1. The highest BCUT2D eigenvalue weighted by molar-refractivity contribution is 5.85. The molecule has 3 atom stereocenters. The third-order valence-corrected chi connectivity index (χ3v) is 3.10. The molecule has 1 amide bonds. The summed E-state index contributed by atoms with van der Waals surface area (Å²) >= 11 is 0. The van der Waals surface area contributed by atoms with Crippen LogP contribution in [0, 0.1) is 17.8 Å². The smallest absolute Gasteiger partial charge is 0.226 e. The van der Waals surface area contributed by atoms with Gasteiger partial charge in [-0.3, -0.25) is 4.79 Å². The summed E-state index contributed by atoms with van der Waals surface area (Å²) in [6.07, 6.45) is 2.49. The number of hydrogen-bond donors (Lipinski definition) is 0. The molecule has 0 radical (unpaired) electrons. The van der Waals surface area contributed by atoms with Crippen molar-refractivity contribution in [3.05, 3.63) is 0 Å². The largest absolute Gasteiger partial charge is 0.345 e. The van der Waals surface area contributed by atoms with Gasteiger partial charge in [-0.1, -0.05) is 13.3 Å². The Balaban J connectivity index is 1.95. The van der Waals surface area contributed by atoms with Crippen LogP contribution in [0.2, 0.25) is 0 Å². The van der Waals surface area contributed by atoms with E-state index >= 15 is 0 Å². The molecule has 0 bridgehead atoms. The molecule has 0 spiro atoms. The number of hydrogen-bond acceptors (Lipinski definition) is 1. The summed E-state index contributed by atoms with van der Waals surface area (Å²) in [4.78, 5) is 13.2. The van der Waals surface area contributed by atoms with Gasteiger partial charge in [0.2, 0.25) is 5.91 Å². The van der Waals surface area contributed by atoms with E-state index in [9.17, 15) is 4.79 Å². The monoisotopic (exact) mass is 153 g/mol. The Morgan fingerprint density at radius 1 is 1.64 bits per heavy atom. The molecule has 62 valence electrons. The second kappa shape index (κ2) is 2.23. The molecule has 0 aromatic heterocycles. The Morgan fingerprint density at radius 2 is 2.36 bits per heavy atom. The van der Waals surface area contributed by atoms with E-state index in [0.717, 1.165) is 18.4 Å². The molecule has 2 aliphatic rings. The summed E-state index contributed by atoms with van der Waals surface area (Å²) in [5.41, 5.74) is 0. The van der Waals surface area contributed by atoms with Crippen LogP contribution in [0.1, 0.15) is 19.8 Å². The standard InChI is InChI=1S/C9H15NO/c1-3-4-6-7-5-10(2)9(11)8(6)7/h6-8H,3-5H2,1-2H3/t6-,7+,8+/m1/s1. The van der Waals surface area contributed by atoms with Gasteiger partial charge in [-0.15, -0.1) is 0 Å². The summed E-state index contributed by atoms with van der Waals surface area (Å²) in [6, 6.07) is 0. The zero-order valence-electron chi connectivity index (χ0n) is 7.21. The summed E-state index contributed by atoms with van der Waals surface area (Å²) < 4.78 is 0.